The summed E-state index contributed by atoms with van der Waals surface area (Å²) in [5, 5.41) is 3.64. The number of piperidine rings is 1. The standard InChI is InChI=1S/C24H25N3O2S/c1-16-14-17(2)22-20(15-16)30-24(25-22)26-23(29)19-10-12-27(13-11-19)21(28)9-8-18-6-4-3-5-7-18/h3-9,14-15,19H,10-13H2,1-2H3,(H,25,26,29)/b9-8+. The number of aromatic nitrogens is 1. The number of carbonyl (C=O) groups excluding carboxylic acids is 2. The zero-order chi connectivity index (χ0) is 21.1. The van der Waals surface area contributed by atoms with Crippen molar-refractivity contribution in [1.82, 2.24) is 9.88 Å². The molecule has 1 aliphatic heterocycles. The Morgan fingerprint density at radius 3 is 2.60 bits per heavy atom. The van der Waals surface area contributed by atoms with Gasteiger partial charge in [0.15, 0.2) is 5.13 Å². The fraction of sp³-hybridized carbons (Fsp3) is 0.292. The summed E-state index contributed by atoms with van der Waals surface area (Å²) in [6.07, 6.45) is 4.78. The van der Waals surface area contributed by atoms with Gasteiger partial charge in [0.25, 0.3) is 0 Å². The van der Waals surface area contributed by atoms with Gasteiger partial charge in [0, 0.05) is 25.1 Å². The highest BCUT2D eigenvalue weighted by Gasteiger charge is 2.27. The van der Waals surface area contributed by atoms with Crippen LogP contribution in [0.5, 0.6) is 0 Å². The van der Waals surface area contributed by atoms with Crippen molar-refractivity contribution in [2.75, 3.05) is 18.4 Å². The van der Waals surface area contributed by atoms with E-state index in [2.05, 4.69) is 29.4 Å². The molecule has 4 rings (SSSR count). The molecule has 2 heterocycles. The van der Waals surface area contributed by atoms with Gasteiger partial charge in [0.05, 0.1) is 10.2 Å². The smallest absolute Gasteiger partial charge is 0.246 e. The minimum atomic E-state index is -0.0954. The van der Waals surface area contributed by atoms with Crippen molar-refractivity contribution < 1.29 is 9.59 Å². The normalized spacial score (nSPS) is 15.1. The molecule has 1 fully saturated rings. The fourth-order valence-corrected chi connectivity index (χ4v) is 4.88. The summed E-state index contributed by atoms with van der Waals surface area (Å²) in [4.78, 5) is 31.6. The number of hydrogen-bond acceptors (Lipinski definition) is 4. The van der Waals surface area contributed by atoms with Crippen molar-refractivity contribution in [2.24, 2.45) is 5.92 Å². The zero-order valence-electron chi connectivity index (χ0n) is 17.2. The van der Waals surface area contributed by atoms with Crippen molar-refractivity contribution in [3.63, 3.8) is 0 Å². The van der Waals surface area contributed by atoms with Crippen LogP contribution in [-0.4, -0.2) is 34.8 Å². The van der Waals surface area contributed by atoms with Crippen LogP contribution in [0.3, 0.4) is 0 Å². The SMILES string of the molecule is Cc1cc(C)c2nc(NC(=O)C3CCN(C(=O)/C=C/c4ccccc4)CC3)sc2c1. The molecular formula is C24H25N3O2S. The van der Waals surface area contributed by atoms with E-state index >= 15 is 0 Å². The Kier molecular flexibility index (Phi) is 5.95. The van der Waals surface area contributed by atoms with Gasteiger partial charge in [-0.3, -0.25) is 9.59 Å². The average Bonchev–Trinajstić information content (AvgIpc) is 3.15. The first-order chi connectivity index (χ1) is 14.5. The third kappa shape index (κ3) is 4.60. The summed E-state index contributed by atoms with van der Waals surface area (Å²) in [6.45, 7) is 5.29. The van der Waals surface area contributed by atoms with Gasteiger partial charge in [-0.15, -0.1) is 0 Å². The number of rotatable bonds is 4. The molecule has 0 bridgehead atoms. The van der Waals surface area contributed by atoms with E-state index in [-0.39, 0.29) is 17.7 Å². The quantitative estimate of drug-likeness (QED) is 0.618. The number of thiazole rings is 1. The van der Waals surface area contributed by atoms with Gasteiger partial charge >= 0.3 is 0 Å². The number of hydrogen-bond donors (Lipinski definition) is 1. The lowest BCUT2D eigenvalue weighted by atomic mass is 9.96. The lowest BCUT2D eigenvalue weighted by Crippen LogP contribution is -2.40. The Labute approximate surface area is 180 Å². The number of anilines is 1. The van der Waals surface area contributed by atoms with Crippen LogP contribution in [-0.2, 0) is 9.59 Å². The number of nitrogens with zero attached hydrogens (tertiary/aromatic N) is 2. The zero-order valence-corrected chi connectivity index (χ0v) is 18.0. The highest BCUT2D eigenvalue weighted by atomic mass is 32.1. The Hall–Kier alpha value is -2.99. The summed E-state index contributed by atoms with van der Waals surface area (Å²) in [7, 11) is 0. The van der Waals surface area contributed by atoms with Gasteiger partial charge in [-0.05, 0) is 55.5 Å². The van der Waals surface area contributed by atoms with Crippen molar-refractivity contribution in [1.29, 1.82) is 0 Å². The second-order valence-electron chi connectivity index (χ2n) is 7.78. The first-order valence-electron chi connectivity index (χ1n) is 10.2. The first-order valence-corrected chi connectivity index (χ1v) is 11.0. The van der Waals surface area contributed by atoms with Crippen molar-refractivity contribution in [3.8, 4) is 0 Å². The molecular weight excluding hydrogens is 394 g/mol. The number of fused-ring (bicyclic) bond motifs is 1. The molecule has 0 spiro atoms. The molecule has 154 valence electrons. The lowest BCUT2D eigenvalue weighted by Gasteiger charge is -2.30. The van der Waals surface area contributed by atoms with Gasteiger partial charge in [-0.2, -0.15) is 0 Å². The maximum absolute atomic E-state index is 12.7. The third-order valence-electron chi connectivity index (χ3n) is 5.46. The fourth-order valence-electron chi connectivity index (χ4n) is 3.83. The molecule has 1 saturated heterocycles. The van der Waals surface area contributed by atoms with Gasteiger partial charge in [-0.25, -0.2) is 4.98 Å². The minimum Gasteiger partial charge on any atom is -0.339 e. The number of carbonyl (C=O) groups is 2. The van der Waals surface area contributed by atoms with E-state index in [1.165, 1.54) is 16.9 Å². The molecule has 1 N–H and O–H groups in total. The van der Waals surface area contributed by atoms with E-state index in [0.717, 1.165) is 21.3 Å². The van der Waals surface area contributed by atoms with E-state index in [9.17, 15) is 9.59 Å². The number of amides is 2. The molecule has 0 saturated carbocycles. The van der Waals surface area contributed by atoms with Gasteiger partial charge in [0.1, 0.15) is 0 Å². The summed E-state index contributed by atoms with van der Waals surface area (Å²) in [5.41, 5.74) is 4.27. The predicted octanol–water partition coefficient (Wildman–Crippen LogP) is 4.80. The van der Waals surface area contributed by atoms with Crippen LogP contribution < -0.4 is 5.32 Å². The summed E-state index contributed by atoms with van der Waals surface area (Å²) < 4.78 is 1.09. The van der Waals surface area contributed by atoms with Crippen LogP contribution in [0.25, 0.3) is 16.3 Å². The van der Waals surface area contributed by atoms with Gasteiger partial charge < -0.3 is 10.2 Å². The molecule has 0 radical (unpaired) electrons. The molecule has 0 atom stereocenters. The average molecular weight is 420 g/mol. The Morgan fingerprint density at radius 1 is 1.13 bits per heavy atom. The second-order valence-corrected chi connectivity index (χ2v) is 8.81. The lowest BCUT2D eigenvalue weighted by molar-refractivity contribution is -0.130. The van der Waals surface area contributed by atoms with Crippen LogP contribution in [0.2, 0.25) is 0 Å². The van der Waals surface area contributed by atoms with E-state index in [4.69, 9.17) is 0 Å². The number of aryl methyl sites for hydroxylation is 2. The van der Waals surface area contributed by atoms with Crippen LogP contribution in [0.4, 0.5) is 5.13 Å². The predicted molar refractivity (Wildman–Crippen MR) is 123 cm³/mol. The van der Waals surface area contributed by atoms with Crippen LogP contribution in [0.1, 0.15) is 29.5 Å². The van der Waals surface area contributed by atoms with Crippen molar-refractivity contribution in [2.45, 2.75) is 26.7 Å². The molecule has 0 unspecified atom stereocenters. The Bertz CT molecular complexity index is 1100. The van der Waals surface area contributed by atoms with Crippen LogP contribution in [0.15, 0.2) is 48.5 Å². The third-order valence-corrected chi connectivity index (χ3v) is 6.37. The molecule has 1 aliphatic rings. The van der Waals surface area contributed by atoms with Gasteiger partial charge in [0.2, 0.25) is 11.8 Å². The van der Waals surface area contributed by atoms with Crippen LogP contribution in [0, 0.1) is 19.8 Å². The summed E-state index contributed by atoms with van der Waals surface area (Å²) in [6, 6.07) is 14.0. The van der Waals surface area contributed by atoms with Gasteiger partial charge in [-0.1, -0.05) is 47.7 Å². The molecule has 5 nitrogen and oxygen atoms in total. The molecule has 30 heavy (non-hydrogen) atoms. The molecule has 1 aromatic heterocycles. The molecule has 6 heteroatoms. The van der Waals surface area contributed by atoms with E-state index in [0.29, 0.717) is 31.1 Å². The monoisotopic (exact) mass is 419 g/mol. The molecule has 0 aliphatic carbocycles. The maximum Gasteiger partial charge on any atom is 0.246 e. The van der Waals surface area contributed by atoms with Crippen molar-refractivity contribution in [3.05, 3.63) is 65.2 Å². The van der Waals surface area contributed by atoms with E-state index < -0.39 is 0 Å². The molecule has 2 aromatic carbocycles. The second kappa shape index (κ2) is 8.79. The number of likely N-dealkylation sites (tertiary alicyclic amines) is 1. The number of nitrogens with one attached hydrogen (secondary N) is 1. The molecule has 2 amide bonds. The highest BCUT2D eigenvalue weighted by Crippen LogP contribution is 2.30. The largest absolute Gasteiger partial charge is 0.339 e. The minimum absolute atomic E-state index is 0.00430. The Balaban J connectivity index is 1.32. The topological polar surface area (TPSA) is 62.3 Å². The Morgan fingerprint density at radius 2 is 1.87 bits per heavy atom. The van der Waals surface area contributed by atoms with Crippen molar-refractivity contribution >= 4 is 44.6 Å². The molecule has 3 aromatic rings. The highest BCUT2D eigenvalue weighted by molar-refractivity contribution is 7.22. The van der Waals surface area contributed by atoms with E-state index in [1.807, 2.05) is 48.2 Å². The number of benzene rings is 2. The first kappa shape index (κ1) is 20.3. The summed E-state index contributed by atoms with van der Waals surface area (Å²) in [5.74, 6) is -0.105. The van der Waals surface area contributed by atoms with Crippen LogP contribution >= 0.6 is 11.3 Å². The van der Waals surface area contributed by atoms with E-state index in [1.54, 1.807) is 6.08 Å². The maximum atomic E-state index is 12.7. The summed E-state index contributed by atoms with van der Waals surface area (Å²) >= 11 is 1.51.